The Morgan fingerprint density at radius 2 is 1.88 bits per heavy atom. The molecule has 0 bridgehead atoms. The third-order valence-electron chi connectivity index (χ3n) is 6.79. The molecule has 0 radical (unpaired) electrons. The van der Waals surface area contributed by atoms with Gasteiger partial charge in [0.1, 0.15) is 0 Å². The van der Waals surface area contributed by atoms with Gasteiger partial charge >= 0.3 is 6.18 Å². The van der Waals surface area contributed by atoms with E-state index in [2.05, 4.69) is 30.9 Å². The monoisotopic (exact) mass is 467 g/mol. The first-order chi connectivity index (χ1) is 15.4. The van der Waals surface area contributed by atoms with Gasteiger partial charge < -0.3 is 5.11 Å². The molecule has 1 fully saturated rings. The van der Waals surface area contributed by atoms with Gasteiger partial charge in [0.15, 0.2) is 0 Å². The van der Waals surface area contributed by atoms with Gasteiger partial charge in [0.2, 0.25) is 0 Å². The first-order valence-electron chi connectivity index (χ1n) is 11.9. The summed E-state index contributed by atoms with van der Waals surface area (Å²) in [7, 11) is 0. The largest absolute Gasteiger partial charge is 0.412 e. The minimum absolute atomic E-state index is 0.0825. The van der Waals surface area contributed by atoms with Crippen molar-refractivity contribution in [2.24, 2.45) is 5.92 Å². The molecular formula is C26H36F3NOS. The molecule has 2 nitrogen and oxygen atoms in total. The second kappa shape index (κ2) is 11.8. The molecule has 3 atom stereocenters. The first-order valence-corrected chi connectivity index (χ1v) is 12.8. The molecule has 1 N–H and O–H groups in total. The topological polar surface area (TPSA) is 23.5 Å². The van der Waals surface area contributed by atoms with E-state index in [4.69, 9.17) is 0 Å². The fourth-order valence-corrected chi connectivity index (χ4v) is 6.75. The lowest BCUT2D eigenvalue weighted by atomic mass is 9.99. The highest BCUT2D eigenvalue weighted by atomic mass is 32.2. The molecule has 2 heterocycles. The summed E-state index contributed by atoms with van der Waals surface area (Å²) in [5.41, 5.74) is 2.23. The standard InChI is InChI=1S/C26H36F3NOS/c1-3-6-19-13-16-30(17-14-20(19)15-18-31)23(4-2)25-12-11-24(32-25)21-7-5-8-22(10-9-21)26(27,28)29/h5-8,11,15,21,23,25,31H,3-4,9-10,12-14,16-18H2,1-2H3/b19-6-,20-15-. The average molecular weight is 468 g/mol. The van der Waals surface area contributed by atoms with E-state index in [0.717, 1.165) is 45.2 Å². The molecule has 0 saturated carbocycles. The van der Waals surface area contributed by atoms with Crippen LogP contribution in [-0.4, -0.2) is 47.2 Å². The molecule has 3 rings (SSSR count). The zero-order valence-electron chi connectivity index (χ0n) is 19.2. The van der Waals surface area contributed by atoms with Crippen LogP contribution in [0.2, 0.25) is 0 Å². The van der Waals surface area contributed by atoms with Crippen LogP contribution < -0.4 is 0 Å². The van der Waals surface area contributed by atoms with Crippen molar-refractivity contribution in [3.63, 3.8) is 0 Å². The Bertz CT molecular complexity index is 769. The summed E-state index contributed by atoms with van der Waals surface area (Å²) in [6, 6.07) is 0.448. The highest BCUT2D eigenvalue weighted by molar-refractivity contribution is 8.04. The van der Waals surface area contributed by atoms with E-state index in [1.807, 2.05) is 23.9 Å². The molecule has 1 saturated heterocycles. The lowest BCUT2D eigenvalue weighted by Gasteiger charge is -2.34. The Kier molecular flexibility index (Phi) is 9.33. The molecule has 0 aromatic rings. The average Bonchev–Trinajstić information content (AvgIpc) is 2.97. The van der Waals surface area contributed by atoms with E-state index in [-0.39, 0.29) is 18.9 Å². The molecule has 0 aromatic carbocycles. The van der Waals surface area contributed by atoms with Crippen LogP contribution in [0.3, 0.4) is 0 Å². The maximum atomic E-state index is 13.1. The van der Waals surface area contributed by atoms with Crippen LogP contribution in [0.15, 0.2) is 58.1 Å². The Hall–Kier alpha value is -1.24. The van der Waals surface area contributed by atoms with Crippen molar-refractivity contribution in [3.8, 4) is 0 Å². The molecule has 0 amide bonds. The predicted molar refractivity (Wildman–Crippen MR) is 129 cm³/mol. The molecule has 3 aliphatic rings. The number of aliphatic hydroxyl groups is 1. The number of likely N-dealkylation sites (tertiary alicyclic amines) is 1. The summed E-state index contributed by atoms with van der Waals surface area (Å²) in [6.07, 6.45) is 12.7. The third kappa shape index (κ3) is 6.42. The van der Waals surface area contributed by atoms with E-state index in [1.165, 1.54) is 22.1 Å². The summed E-state index contributed by atoms with van der Waals surface area (Å²) in [5, 5.41) is 9.87. The Labute approximate surface area is 195 Å². The molecule has 3 unspecified atom stereocenters. The number of allylic oxidation sites excluding steroid dienone is 7. The Morgan fingerprint density at radius 3 is 2.50 bits per heavy atom. The van der Waals surface area contributed by atoms with Gasteiger partial charge in [-0.05, 0) is 61.0 Å². The third-order valence-corrected chi connectivity index (χ3v) is 8.34. The maximum Gasteiger partial charge on any atom is 0.412 e. The molecular weight excluding hydrogens is 431 g/mol. The Morgan fingerprint density at radius 1 is 1.16 bits per heavy atom. The van der Waals surface area contributed by atoms with Crippen LogP contribution in [-0.2, 0) is 0 Å². The van der Waals surface area contributed by atoms with E-state index >= 15 is 0 Å². The van der Waals surface area contributed by atoms with Crippen molar-refractivity contribution in [1.82, 2.24) is 4.90 Å². The van der Waals surface area contributed by atoms with Crippen molar-refractivity contribution >= 4 is 11.8 Å². The van der Waals surface area contributed by atoms with Crippen LogP contribution in [0.25, 0.3) is 0 Å². The Balaban J connectivity index is 1.62. The second-order valence-electron chi connectivity index (χ2n) is 8.78. The molecule has 32 heavy (non-hydrogen) atoms. The van der Waals surface area contributed by atoms with E-state index in [1.54, 1.807) is 6.08 Å². The van der Waals surface area contributed by atoms with Crippen LogP contribution in [0.1, 0.15) is 58.8 Å². The highest BCUT2D eigenvalue weighted by Crippen LogP contribution is 2.44. The number of alkyl halides is 3. The lowest BCUT2D eigenvalue weighted by Crippen LogP contribution is -2.41. The van der Waals surface area contributed by atoms with Gasteiger partial charge in [0.05, 0.1) is 6.61 Å². The molecule has 178 valence electrons. The SMILES string of the molecule is CC/C=C1/CCN(C(CC)C2CC=C(C3C=CC=C(C(F)(F)F)CC3)S2)CC/C1=C/CO. The summed E-state index contributed by atoms with van der Waals surface area (Å²) in [5.74, 6) is 0.0842. The fraction of sp³-hybridized carbons (Fsp3) is 0.615. The highest BCUT2D eigenvalue weighted by Gasteiger charge is 2.36. The fourth-order valence-electron chi connectivity index (χ4n) is 5.12. The number of rotatable bonds is 6. The van der Waals surface area contributed by atoms with Crippen molar-refractivity contribution in [2.45, 2.75) is 76.3 Å². The van der Waals surface area contributed by atoms with Crippen molar-refractivity contribution in [2.75, 3.05) is 19.7 Å². The minimum Gasteiger partial charge on any atom is -0.392 e. The van der Waals surface area contributed by atoms with E-state index in [0.29, 0.717) is 17.7 Å². The van der Waals surface area contributed by atoms with Gasteiger partial charge in [-0.15, -0.1) is 11.8 Å². The van der Waals surface area contributed by atoms with Gasteiger partial charge in [-0.25, -0.2) is 0 Å². The van der Waals surface area contributed by atoms with Gasteiger partial charge in [0, 0.05) is 35.9 Å². The number of nitrogens with zero attached hydrogens (tertiary/aromatic N) is 1. The van der Waals surface area contributed by atoms with Gasteiger partial charge in [-0.2, -0.15) is 13.2 Å². The summed E-state index contributed by atoms with van der Waals surface area (Å²) < 4.78 is 39.2. The van der Waals surface area contributed by atoms with Crippen LogP contribution in [0.4, 0.5) is 13.2 Å². The zero-order valence-corrected chi connectivity index (χ0v) is 20.0. The number of hydrogen-bond donors (Lipinski definition) is 1. The number of halogens is 3. The van der Waals surface area contributed by atoms with Crippen molar-refractivity contribution in [3.05, 3.63) is 58.1 Å². The van der Waals surface area contributed by atoms with Crippen molar-refractivity contribution < 1.29 is 18.3 Å². The summed E-state index contributed by atoms with van der Waals surface area (Å²) in [6.45, 7) is 6.48. The smallest absolute Gasteiger partial charge is 0.392 e. The van der Waals surface area contributed by atoms with Crippen LogP contribution in [0, 0.1) is 5.92 Å². The summed E-state index contributed by atoms with van der Waals surface area (Å²) in [4.78, 5) is 3.84. The molecule has 0 aromatic heterocycles. The number of aliphatic hydroxyl groups excluding tert-OH is 1. The van der Waals surface area contributed by atoms with E-state index < -0.39 is 11.7 Å². The zero-order chi connectivity index (χ0) is 23.1. The molecule has 2 aliphatic heterocycles. The lowest BCUT2D eigenvalue weighted by molar-refractivity contribution is -0.0941. The van der Waals surface area contributed by atoms with Crippen LogP contribution >= 0.6 is 11.8 Å². The molecule has 0 spiro atoms. The normalized spacial score (nSPS) is 29.1. The predicted octanol–water partition coefficient (Wildman–Crippen LogP) is 6.96. The van der Waals surface area contributed by atoms with E-state index in [9.17, 15) is 18.3 Å². The molecule has 6 heteroatoms. The van der Waals surface area contributed by atoms with Gasteiger partial charge in [0.25, 0.3) is 0 Å². The minimum atomic E-state index is -4.23. The number of thioether (sulfide) groups is 1. The second-order valence-corrected chi connectivity index (χ2v) is 10.1. The number of hydrogen-bond acceptors (Lipinski definition) is 3. The quantitative estimate of drug-likeness (QED) is 0.457. The van der Waals surface area contributed by atoms with Gasteiger partial charge in [-0.1, -0.05) is 50.3 Å². The van der Waals surface area contributed by atoms with Crippen molar-refractivity contribution in [1.29, 1.82) is 0 Å². The van der Waals surface area contributed by atoms with Crippen LogP contribution in [0.5, 0.6) is 0 Å². The van der Waals surface area contributed by atoms with Gasteiger partial charge in [-0.3, -0.25) is 4.90 Å². The molecule has 1 aliphatic carbocycles. The first kappa shape index (κ1) is 25.4. The summed E-state index contributed by atoms with van der Waals surface area (Å²) >= 11 is 1.88. The maximum absolute atomic E-state index is 13.1.